The maximum Gasteiger partial charge on any atom is 0.321 e. The predicted octanol–water partition coefficient (Wildman–Crippen LogP) is 2.89. The lowest BCUT2D eigenvalue weighted by Crippen LogP contribution is -2.30. The van der Waals surface area contributed by atoms with Crippen molar-refractivity contribution in [1.82, 2.24) is 4.90 Å². The third kappa shape index (κ3) is 3.47. The molecule has 1 N–H and O–H groups in total. The summed E-state index contributed by atoms with van der Waals surface area (Å²) < 4.78 is 0. The van der Waals surface area contributed by atoms with E-state index in [0.29, 0.717) is 6.54 Å². The van der Waals surface area contributed by atoms with Crippen molar-refractivity contribution in [1.29, 1.82) is 0 Å². The summed E-state index contributed by atoms with van der Waals surface area (Å²) in [4.78, 5) is 14.3. The molecule has 0 aliphatic rings. The molecular formula is C11H16N2OS. The molecule has 82 valence electrons. The van der Waals surface area contributed by atoms with E-state index in [-0.39, 0.29) is 6.03 Å². The van der Waals surface area contributed by atoms with Crippen LogP contribution in [0.25, 0.3) is 0 Å². The fourth-order valence-electron chi connectivity index (χ4n) is 1.06. The number of thioether (sulfide) groups is 1. The number of carbonyl (C=O) groups is 1. The second-order valence-corrected chi connectivity index (χ2v) is 4.06. The Balaban J connectivity index is 2.68. The smallest absolute Gasteiger partial charge is 0.321 e. The first-order chi connectivity index (χ1) is 7.17. The van der Waals surface area contributed by atoms with Gasteiger partial charge in [0.05, 0.1) is 0 Å². The zero-order valence-electron chi connectivity index (χ0n) is 9.28. The number of urea groups is 1. The summed E-state index contributed by atoms with van der Waals surface area (Å²) in [6, 6.07) is 7.74. The molecule has 0 radical (unpaired) electrons. The van der Waals surface area contributed by atoms with E-state index in [4.69, 9.17) is 0 Å². The van der Waals surface area contributed by atoms with Crippen molar-refractivity contribution in [3.63, 3.8) is 0 Å². The number of amides is 2. The molecule has 0 atom stereocenters. The second kappa shape index (κ2) is 5.66. The van der Waals surface area contributed by atoms with E-state index in [1.54, 1.807) is 23.7 Å². The van der Waals surface area contributed by atoms with Crippen LogP contribution in [0.3, 0.4) is 0 Å². The second-order valence-electron chi connectivity index (χ2n) is 3.18. The summed E-state index contributed by atoms with van der Waals surface area (Å²) in [5, 5.41) is 2.84. The van der Waals surface area contributed by atoms with Crippen LogP contribution in [0.1, 0.15) is 6.92 Å². The van der Waals surface area contributed by atoms with Gasteiger partial charge < -0.3 is 10.2 Å². The Labute approximate surface area is 94.9 Å². The van der Waals surface area contributed by atoms with E-state index in [0.717, 1.165) is 10.6 Å². The van der Waals surface area contributed by atoms with E-state index in [2.05, 4.69) is 5.32 Å². The fraction of sp³-hybridized carbons (Fsp3) is 0.364. The van der Waals surface area contributed by atoms with Gasteiger partial charge in [-0.15, -0.1) is 11.8 Å². The number of hydrogen-bond donors (Lipinski definition) is 1. The van der Waals surface area contributed by atoms with E-state index in [1.165, 1.54) is 0 Å². The molecule has 0 saturated carbocycles. The highest BCUT2D eigenvalue weighted by Crippen LogP contribution is 2.18. The molecule has 0 saturated heterocycles. The lowest BCUT2D eigenvalue weighted by molar-refractivity contribution is 0.224. The first-order valence-corrected chi connectivity index (χ1v) is 6.06. The molecule has 15 heavy (non-hydrogen) atoms. The van der Waals surface area contributed by atoms with E-state index >= 15 is 0 Å². The van der Waals surface area contributed by atoms with Crippen molar-refractivity contribution < 1.29 is 4.79 Å². The number of hydrogen-bond acceptors (Lipinski definition) is 2. The van der Waals surface area contributed by atoms with Gasteiger partial charge in [-0.25, -0.2) is 4.79 Å². The molecule has 0 bridgehead atoms. The Bertz CT molecular complexity index is 341. The van der Waals surface area contributed by atoms with Crippen LogP contribution < -0.4 is 5.32 Å². The summed E-state index contributed by atoms with van der Waals surface area (Å²) in [7, 11) is 1.77. The highest BCUT2D eigenvalue weighted by atomic mass is 32.2. The van der Waals surface area contributed by atoms with Crippen molar-refractivity contribution in [2.24, 2.45) is 0 Å². The summed E-state index contributed by atoms with van der Waals surface area (Å²) in [6.07, 6.45) is 2.01. The number of nitrogens with zero attached hydrogens (tertiary/aromatic N) is 1. The topological polar surface area (TPSA) is 32.3 Å². The van der Waals surface area contributed by atoms with Gasteiger partial charge in [-0.3, -0.25) is 0 Å². The van der Waals surface area contributed by atoms with Crippen LogP contribution in [-0.4, -0.2) is 30.8 Å². The van der Waals surface area contributed by atoms with E-state index in [9.17, 15) is 4.79 Å². The molecule has 3 nitrogen and oxygen atoms in total. The van der Waals surface area contributed by atoms with Gasteiger partial charge in [-0.2, -0.15) is 0 Å². The minimum absolute atomic E-state index is 0.0734. The predicted molar refractivity (Wildman–Crippen MR) is 65.5 cm³/mol. The van der Waals surface area contributed by atoms with Crippen molar-refractivity contribution in [3.8, 4) is 0 Å². The SMILES string of the molecule is CCN(C)C(=O)Nc1cccc(SC)c1. The highest BCUT2D eigenvalue weighted by Gasteiger charge is 2.05. The normalized spacial score (nSPS) is 9.80. The van der Waals surface area contributed by atoms with Crippen molar-refractivity contribution in [2.75, 3.05) is 25.2 Å². The summed E-state index contributed by atoms with van der Waals surface area (Å²) in [6.45, 7) is 2.64. The average Bonchev–Trinajstić information content (AvgIpc) is 2.28. The van der Waals surface area contributed by atoms with Crippen molar-refractivity contribution >= 4 is 23.5 Å². The Hall–Kier alpha value is -1.16. The van der Waals surface area contributed by atoms with Gasteiger partial charge in [0.25, 0.3) is 0 Å². The minimum atomic E-state index is -0.0734. The maximum absolute atomic E-state index is 11.6. The van der Waals surface area contributed by atoms with Gasteiger partial charge in [0.1, 0.15) is 0 Å². The summed E-state index contributed by atoms with van der Waals surface area (Å²) in [5.74, 6) is 0. The standard InChI is InChI=1S/C11H16N2OS/c1-4-13(2)11(14)12-9-6-5-7-10(8-9)15-3/h5-8H,4H2,1-3H3,(H,12,14). The van der Waals surface area contributed by atoms with Gasteiger partial charge in [0.2, 0.25) is 0 Å². The van der Waals surface area contributed by atoms with E-state index in [1.807, 2.05) is 37.4 Å². The van der Waals surface area contributed by atoms with Crippen molar-refractivity contribution in [3.05, 3.63) is 24.3 Å². The maximum atomic E-state index is 11.6. The Morgan fingerprint density at radius 3 is 2.87 bits per heavy atom. The minimum Gasteiger partial charge on any atom is -0.328 e. The third-order valence-corrected chi connectivity index (χ3v) is 2.87. The fourth-order valence-corrected chi connectivity index (χ4v) is 1.52. The number of anilines is 1. The van der Waals surface area contributed by atoms with Crippen LogP contribution in [0, 0.1) is 0 Å². The quantitative estimate of drug-likeness (QED) is 0.801. The Morgan fingerprint density at radius 2 is 2.27 bits per heavy atom. The molecule has 2 amide bonds. The van der Waals surface area contributed by atoms with Crippen LogP contribution >= 0.6 is 11.8 Å². The molecule has 0 heterocycles. The zero-order valence-corrected chi connectivity index (χ0v) is 10.1. The van der Waals surface area contributed by atoms with Crippen LogP contribution in [0.5, 0.6) is 0 Å². The molecule has 4 heteroatoms. The van der Waals surface area contributed by atoms with Crippen LogP contribution in [-0.2, 0) is 0 Å². The first kappa shape index (κ1) is 11.9. The van der Waals surface area contributed by atoms with Gasteiger partial charge in [0.15, 0.2) is 0 Å². The lowest BCUT2D eigenvalue weighted by Gasteiger charge is -2.15. The van der Waals surface area contributed by atoms with Crippen LogP contribution in [0.4, 0.5) is 10.5 Å². The monoisotopic (exact) mass is 224 g/mol. The van der Waals surface area contributed by atoms with E-state index < -0.39 is 0 Å². The highest BCUT2D eigenvalue weighted by molar-refractivity contribution is 7.98. The number of nitrogens with one attached hydrogen (secondary N) is 1. The average molecular weight is 224 g/mol. The van der Waals surface area contributed by atoms with Crippen molar-refractivity contribution in [2.45, 2.75) is 11.8 Å². The molecule has 0 aromatic heterocycles. The summed E-state index contributed by atoms with van der Waals surface area (Å²) >= 11 is 1.66. The number of rotatable bonds is 3. The molecule has 0 aliphatic carbocycles. The van der Waals surface area contributed by atoms with Gasteiger partial charge in [0, 0.05) is 24.2 Å². The molecule has 0 unspecified atom stereocenters. The number of benzene rings is 1. The molecular weight excluding hydrogens is 208 g/mol. The van der Waals surface area contributed by atoms with Gasteiger partial charge in [-0.05, 0) is 31.4 Å². The zero-order chi connectivity index (χ0) is 11.3. The first-order valence-electron chi connectivity index (χ1n) is 4.83. The van der Waals surface area contributed by atoms with Gasteiger partial charge >= 0.3 is 6.03 Å². The van der Waals surface area contributed by atoms with Gasteiger partial charge in [-0.1, -0.05) is 6.07 Å². The molecule has 0 spiro atoms. The Morgan fingerprint density at radius 1 is 1.53 bits per heavy atom. The molecule has 0 aliphatic heterocycles. The largest absolute Gasteiger partial charge is 0.328 e. The molecule has 0 fully saturated rings. The van der Waals surface area contributed by atoms with Crippen LogP contribution in [0.2, 0.25) is 0 Å². The Kier molecular flexibility index (Phi) is 4.49. The lowest BCUT2D eigenvalue weighted by atomic mass is 10.3. The third-order valence-electron chi connectivity index (χ3n) is 2.14. The van der Waals surface area contributed by atoms with Crippen LogP contribution in [0.15, 0.2) is 29.2 Å². The molecule has 1 rings (SSSR count). The molecule has 1 aromatic rings. The number of carbonyl (C=O) groups excluding carboxylic acids is 1. The summed E-state index contributed by atoms with van der Waals surface area (Å²) in [5.41, 5.74) is 0.840. The molecule has 1 aromatic carbocycles.